The van der Waals surface area contributed by atoms with Gasteiger partial charge in [-0.05, 0) is 31.9 Å². The quantitative estimate of drug-likeness (QED) is 0.733. The molecule has 1 amide bonds. The third-order valence-electron chi connectivity index (χ3n) is 3.83. The summed E-state index contributed by atoms with van der Waals surface area (Å²) in [5, 5.41) is 2.74. The Hall–Kier alpha value is -1.38. The SMILES string of the molecule is Cn1cc(S(=O)(=O)N2CCCCC2)cc1C(=O)NCCCN. The minimum atomic E-state index is -3.51. The van der Waals surface area contributed by atoms with Crippen LogP contribution in [0.15, 0.2) is 17.2 Å². The fraction of sp³-hybridized carbons (Fsp3) is 0.643. The molecule has 124 valence electrons. The van der Waals surface area contributed by atoms with Crippen LogP contribution in [0.3, 0.4) is 0 Å². The zero-order valence-corrected chi connectivity index (χ0v) is 13.7. The first-order valence-corrected chi connectivity index (χ1v) is 9.05. The Balaban J connectivity index is 2.16. The van der Waals surface area contributed by atoms with Crippen LogP contribution in [-0.2, 0) is 17.1 Å². The molecular formula is C14H24N4O3S. The Morgan fingerprint density at radius 1 is 1.32 bits per heavy atom. The number of aryl methyl sites for hydroxylation is 1. The Morgan fingerprint density at radius 3 is 2.64 bits per heavy atom. The lowest BCUT2D eigenvalue weighted by Gasteiger charge is -2.25. The van der Waals surface area contributed by atoms with Gasteiger partial charge in [-0.1, -0.05) is 6.42 Å². The number of amides is 1. The number of piperidine rings is 1. The fourth-order valence-corrected chi connectivity index (χ4v) is 4.14. The maximum atomic E-state index is 12.6. The van der Waals surface area contributed by atoms with E-state index in [1.165, 1.54) is 16.6 Å². The number of hydrogen-bond donors (Lipinski definition) is 2. The van der Waals surface area contributed by atoms with E-state index in [0.29, 0.717) is 38.3 Å². The normalized spacial score (nSPS) is 16.6. The van der Waals surface area contributed by atoms with Gasteiger partial charge in [0.15, 0.2) is 0 Å². The summed E-state index contributed by atoms with van der Waals surface area (Å²) in [5.41, 5.74) is 5.73. The summed E-state index contributed by atoms with van der Waals surface area (Å²) < 4.78 is 28.3. The van der Waals surface area contributed by atoms with Gasteiger partial charge < -0.3 is 15.6 Å². The molecule has 0 unspecified atom stereocenters. The number of carbonyl (C=O) groups is 1. The molecule has 0 bridgehead atoms. The number of nitrogens with one attached hydrogen (secondary N) is 1. The van der Waals surface area contributed by atoms with E-state index in [2.05, 4.69) is 5.32 Å². The Labute approximate surface area is 131 Å². The standard InChI is InChI=1S/C14H24N4O3S/c1-17-11-12(10-13(17)14(19)16-7-5-6-15)22(20,21)18-8-3-2-4-9-18/h10-11H,2-9,15H2,1H3,(H,16,19). The van der Waals surface area contributed by atoms with E-state index in [-0.39, 0.29) is 10.8 Å². The maximum Gasteiger partial charge on any atom is 0.267 e. The lowest BCUT2D eigenvalue weighted by molar-refractivity contribution is 0.0945. The van der Waals surface area contributed by atoms with Gasteiger partial charge in [-0.3, -0.25) is 4.79 Å². The molecule has 0 spiro atoms. The first-order chi connectivity index (χ1) is 10.5. The average molecular weight is 328 g/mol. The molecule has 7 nitrogen and oxygen atoms in total. The topological polar surface area (TPSA) is 97.4 Å². The van der Waals surface area contributed by atoms with Crippen molar-refractivity contribution in [3.8, 4) is 0 Å². The maximum absolute atomic E-state index is 12.6. The summed E-state index contributed by atoms with van der Waals surface area (Å²) >= 11 is 0. The highest BCUT2D eigenvalue weighted by molar-refractivity contribution is 7.89. The number of sulfonamides is 1. The predicted molar refractivity (Wildman–Crippen MR) is 84.0 cm³/mol. The van der Waals surface area contributed by atoms with Crippen LogP contribution in [0.1, 0.15) is 36.2 Å². The van der Waals surface area contributed by atoms with Crippen molar-refractivity contribution in [2.24, 2.45) is 12.8 Å². The van der Waals surface area contributed by atoms with Crippen LogP contribution >= 0.6 is 0 Å². The summed E-state index contributed by atoms with van der Waals surface area (Å²) in [5.74, 6) is -0.281. The zero-order chi connectivity index (χ0) is 16.2. The average Bonchev–Trinajstić information content (AvgIpc) is 2.91. The van der Waals surface area contributed by atoms with E-state index in [1.807, 2.05) is 0 Å². The van der Waals surface area contributed by atoms with Crippen LogP contribution in [0, 0.1) is 0 Å². The van der Waals surface area contributed by atoms with E-state index < -0.39 is 10.0 Å². The first kappa shape index (κ1) is 17.0. The van der Waals surface area contributed by atoms with Crippen LogP contribution in [0.5, 0.6) is 0 Å². The van der Waals surface area contributed by atoms with Crippen molar-refractivity contribution >= 4 is 15.9 Å². The summed E-state index contributed by atoms with van der Waals surface area (Å²) in [6.45, 7) is 2.08. The molecule has 22 heavy (non-hydrogen) atoms. The van der Waals surface area contributed by atoms with Crippen LogP contribution in [-0.4, -0.2) is 49.4 Å². The molecule has 0 saturated carbocycles. The Bertz CT molecular complexity index is 618. The van der Waals surface area contributed by atoms with Crippen molar-refractivity contribution in [1.29, 1.82) is 0 Å². The lowest BCUT2D eigenvalue weighted by Crippen LogP contribution is -2.35. The van der Waals surface area contributed by atoms with Crippen molar-refractivity contribution in [3.63, 3.8) is 0 Å². The Morgan fingerprint density at radius 2 is 2.00 bits per heavy atom. The largest absolute Gasteiger partial charge is 0.351 e. The van der Waals surface area contributed by atoms with Crippen LogP contribution in [0.2, 0.25) is 0 Å². The smallest absolute Gasteiger partial charge is 0.267 e. The third-order valence-corrected chi connectivity index (χ3v) is 5.70. The van der Waals surface area contributed by atoms with E-state index in [1.54, 1.807) is 11.6 Å². The fourth-order valence-electron chi connectivity index (χ4n) is 2.55. The van der Waals surface area contributed by atoms with Gasteiger partial charge >= 0.3 is 0 Å². The van der Waals surface area contributed by atoms with Gasteiger partial charge in [0, 0.05) is 32.9 Å². The van der Waals surface area contributed by atoms with E-state index in [0.717, 1.165) is 19.3 Å². The van der Waals surface area contributed by atoms with Crippen LogP contribution in [0.25, 0.3) is 0 Å². The highest BCUT2D eigenvalue weighted by atomic mass is 32.2. The van der Waals surface area contributed by atoms with E-state index >= 15 is 0 Å². The molecule has 1 saturated heterocycles. The van der Waals surface area contributed by atoms with Crippen molar-refractivity contribution in [3.05, 3.63) is 18.0 Å². The van der Waals surface area contributed by atoms with Gasteiger partial charge in [0.25, 0.3) is 5.91 Å². The number of aromatic nitrogens is 1. The molecule has 1 aromatic rings. The van der Waals surface area contributed by atoms with Crippen molar-refractivity contribution in [1.82, 2.24) is 14.2 Å². The lowest BCUT2D eigenvalue weighted by atomic mass is 10.2. The molecule has 0 radical (unpaired) electrons. The number of rotatable bonds is 6. The molecule has 2 heterocycles. The monoisotopic (exact) mass is 328 g/mol. The van der Waals surface area contributed by atoms with Gasteiger partial charge in [-0.15, -0.1) is 0 Å². The number of carbonyl (C=O) groups excluding carboxylic acids is 1. The molecular weight excluding hydrogens is 304 g/mol. The highest BCUT2D eigenvalue weighted by Crippen LogP contribution is 2.22. The van der Waals surface area contributed by atoms with Crippen molar-refractivity contribution < 1.29 is 13.2 Å². The molecule has 1 aliphatic heterocycles. The van der Waals surface area contributed by atoms with Gasteiger partial charge in [0.2, 0.25) is 10.0 Å². The van der Waals surface area contributed by atoms with Crippen LogP contribution in [0.4, 0.5) is 0 Å². The van der Waals surface area contributed by atoms with Crippen molar-refractivity contribution in [2.45, 2.75) is 30.6 Å². The summed E-state index contributed by atoms with van der Waals surface area (Å²) in [6.07, 6.45) is 5.03. The second-order valence-electron chi connectivity index (χ2n) is 5.53. The Kier molecular flexibility index (Phi) is 5.60. The summed E-state index contributed by atoms with van der Waals surface area (Å²) in [4.78, 5) is 12.3. The molecule has 0 atom stereocenters. The minimum absolute atomic E-state index is 0.181. The van der Waals surface area contributed by atoms with Crippen molar-refractivity contribution in [2.75, 3.05) is 26.2 Å². The highest BCUT2D eigenvalue weighted by Gasteiger charge is 2.28. The van der Waals surface area contributed by atoms with Gasteiger partial charge in [0.05, 0.1) is 0 Å². The molecule has 0 aliphatic carbocycles. The number of nitrogens with zero attached hydrogens (tertiary/aromatic N) is 2. The second kappa shape index (κ2) is 7.26. The third kappa shape index (κ3) is 3.68. The molecule has 1 aromatic heterocycles. The van der Waals surface area contributed by atoms with E-state index in [9.17, 15) is 13.2 Å². The summed E-state index contributed by atoms with van der Waals surface area (Å²) in [7, 11) is -1.84. The number of hydrogen-bond acceptors (Lipinski definition) is 4. The summed E-state index contributed by atoms with van der Waals surface area (Å²) in [6, 6.07) is 1.45. The second-order valence-corrected chi connectivity index (χ2v) is 7.47. The van der Waals surface area contributed by atoms with Crippen LogP contribution < -0.4 is 11.1 Å². The number of nitrogens with two attached hydrogens (primary N) is 1. The molecule has 0 aromatic carbocycles. The van der Waals surface area contributed by atoms with Gasteiger partial charge in [-0.25, -0.2) is 8.42 Å². The minimum Gasteiger partial charge on any atom is -0.351 e. The molecule has 3 N–H and O–H groups in total. The zero-order valence-electron chi connectivity index (χ0n) is 12.9. The van der Waals surface area contributed by atoms with Gasteiger partial charge in [-0.2, -0.15) is 4.31 Å². The molecule has 1 aliphatic rings. The molecule has 1 fully saturated rings. The van der Waals surface area contributed by atoms with E-state index in [4.69, 9.17) is 5.73 Å². The van der Waals surface area contributed by atoms with Gasteiger partial charge in [0.1, 0.15) is 10.6 Å². The predicted octanol–water partition coefficient (Wildman–Crippen LogP) is 0.278. The molecule has 2 rings (SSSR count). The first-order valence-electron chi connectivity index (χ1n) is 7.61. The molecule has 8 heteroatoms.